The molecule has 0 saturated heterocycles. The second-order valence-electron chi connectivity index (χ2n) is 4.80. The van der Waals surface area contributed by atoms with E-state index in [2.05, 4.69) is 51.9 Å². The minimum atomic E-state index is 0.306. The Morgan fingerprint density at radius 2 is 2.20 bits per heavy atom. The topological polar surface area (TPSA) is 61.7 Å². The number of methoxy groups -OCH3 is 1. The summed E-state index contributed by atoms with van der Waals surface area (Å²) in [5.74, 6) is 2.00. The maximum Gasteiger partial charge on any atom is 0.138 e. The minimum Gasteiger partial charge on any atom is -0.496 e. The minimum absolute atomic E-state index is 0.306. The molecule has 0 amide bonds. The first kappa shape index (κ1) is 14.6. The normalized spacial score (nSPS) is 10.6. The van der Waals surface area contributed by atoms with Crippen molar-refractivity contribution in [2.45, 2.75) is 26.2 Å². The molecule has 2 aromatic rings. The van der Waals surface area contributed by atoms with Crippen LogP contribution in [0.4, 0.5) is 0 Å². The first-order valence-corrected chi connectivity index (χ1v) is 7.15. The fraction of sp³-hybridized carbons (Fsp3) is 0.333. The third kappa shape index (κ3) is 2.86. The first-order chi connectivity index (χ1) is 9.56. The maximum atomic E-state index is 8.77. The van der Waals surface area contributed by atoms with Crippen molar-refractivity contribution < 1.29 is 4.74 Å². The molecule has 0 aliphatic rings. The molecule has 0 radical (unpaired) electrons. The number of nitrogens with zero attached hydrogens (tertiary/aromatic N) is 2. The number of benzene rings is 1. The van der Waals surface area contributed by atoms with Crippen molar-refractivity contribution in [2.24, 2.45) is 0 Å². The highest BCUT2D eigenvalue weighted by Gasteiger charge is 2.13. The molecule has 4 nitrogen and oxygen atoms in total. The van der Waals surface area contributed by atoms with Gasteiger partial charge < -0.3 is 9.72 Å². The highest BCUT2D eigenvalue weighted by atomic mass is 79.9. The first-order valence-electron chi connectivity index (χ1n) is 6.36. The fourth-order valence-electron chi connectivity index (χ4n) is 2.05. The summed E-state index contributed by atoms with van der Waals surface area (Å²) in [4.78, 5) is 7.61. The Balaban J connectivity index is 2.45. The molecule has 2 rings (SSSR count). The molecule has 0 aliphatic heterocycles. The van der Waals surface area contributed by atoms with Crippen LogP contribution in [0.15, 0.2) is 22.8 Å². The molecule has 0 saturated carbocycles. The molecule has 0 fully saturated rings. The highest BCUT2D eigenvalue weighted by Crippen LogP contribution is 2.31. The van der Waals surface area contributed by atoms with Gasteiger partial charge in [0.15, 0.2) is 0 Å². The fourth-order valence-corrected chi connectivity index (χ4v) is 2.47. The predicted octanol–water partition coefficient (Wildman–Crippen LogP) is 4.04. The van der Waals surface area contributed by atoms with Crippen molar-refractivity contribution in [3.63, 3.8) is 0 Å². The smallest absolute Gasteiger partial charge is 0.138 e. The van der Waals surface area contributed by atoms with E-state index in [1.807, 2.05) is 12.1 Å². The number of H-pyrrole nitrogens is 1. The van der Waals surface area contributed by atoms with Crippen LogP contribution in [-0.4, -0.2) is 17.1 Å². The van der Waals surface area contributed by atoms with Gasteiger partial charge in [-0.3, -0.25) is 0 Å². The molecular weight excluding hydrogens is 318 g/mol. The zero-order valence-corrected chi connectivity index (χ0v) is 13.3. The second kappa shape index (κ2) is 6.10. The maximum absolute atomic E-state index is 8.77. The van der Waals surface area contributed by atoms with Crippen molar-refractivity contribution in [1.29, 1.82) is 5.26 Å². The van der Waals surface area contributed by atoms with Crippen LogP contribution in [-0.2, 0) is 6.42 Å². The summed E-state index contributed by atoms with van der Waals surface area (Å²) in [6, 6.07) is 8.10. The number of hydrogen-bond acceptors (Lipinski definition) is 3. The molecule has 0 aliphatic carbocycles. The van der Waals surface area contributed by atoms with E-state index in [0.717, 1.165) is 28.4 Å². The molecule has 1 heterocycles. The van der Waals surface area contributed by atoms with Gasteiger partial charge in [0.25, 0.3) is 0 Å². The van der Waals surface area contributed by atoms with Gasteiger partial charge in [-0.1, -0.05) is 13.8 Å². The van der Waals surface area contributed by atoms with Crippen LogP contribution in [0.1, 0.15) is 31.0 Å². The molecule has 104 valence electrons. The van der Waals surface area contributed by atoms with Gasteiger partial charge in [-0.2, -0.15) is 5.26 Å². The highest BCUT2D eigenvalue weighted by molar-refractivity contribution is 9.10. The monoisotopic (exact) mass is 333 g/mol. The lowest BCUT2D eigenvalue weighted by atomic mass is 9.99. The van der Waals surface area contributed by atoms with Gasteiger partial charge in [-0.15, -0.1) is 0 Å². The Bertz CT molecular complexity index is 656. The Morgan fingerprint density at radius 1 is 1.45 bits per heavy atom. The summed E-state index contributed by atoms with van der Waals surface area (Å²) in [5.41, 5.74) is 2.92. The zero-order chi connectivity index (χ0) is 14.7. The number of halogens is 1. The van der Waals surface area contributed by atoms with Gasteiger partial charge in [0.1, 0.15) is 16.2 Å². The standard InChI is InChI=1S/C15H16BrN3O/c1-9(2)11-8-10(4-5-13(11)20-3)15-18-12(6-7-17)14(16)19-15/h4-5,8-9H,6H2,1-3H3,(H,18,19). The number of imidazole rings is 1. The van der Waals surface area contributed by atoms with E-state index < -0.39 is 0 Å². The van der Waals surface area contributed by atoms with Crippen molar-refractivity contribution in [3.05, 3.63) is 34.1 Å². The van der Waals surface area contributed by atoms with E-state index >= 15 is 0 Å². The van der Waals surface area contributed by atoms with Gasteiger partial charge >= 0.3 is 0 Å². The van der Waals surface area contributed by atoms with Gasteiger partial charge in [0.05, 0.1) is 25.3 Å². The number of aromatic nitrogens is 2. The quantitative estimate of drug-likeness (QED) is 0.918. The molecule has 5 heteroatoms. The van der Waals surface area contributed by atoms with Gasteiger partial charge in [0, 0.05) is 5.56 Å². The molecule has 0 bridgehead atoms. The molecule has 0 spiro atoms. The number of aromatic amines is 1. The van der Waals surface area contributed by atoms with Crippen LogP contribution < -0.4 is 4.74 Å². The predicted molar refractivity (Wildman–Crippen MR) is 81.7 cm³/mol. The van der Waals surface area contributed by atoms with Crippen LogP contribution in [0.3, 0.4) is 0 Å². The number of ether oxygens (including phenoxy) is 1. The lowest BCUT2D eigenvalue weighted by Crippen LogP contribution is -1.95. The van der Waals surface area contributed by atoms with Crippen LogP contribution in [0.5, 0.6) is 5.75 Å². The summed E-state index contributed by atoms with van der Waals surface area (Å²) in [6.45, 7) is 4.25. The molecule has 1 aromatic carbocycles. The van der Waals surface area contributed by atoms with Gasteiger partial charge in [-0.05, 0) is 45.6 Å². The number of nitrogens with one attached hydrogen (secondary N) is 1. The number of rotatable bonds is 4. The molecule has 20 heavy (non-hydrogen) atoms. The number of hydrogen-bond donors (Lipinski definition) is 1. The van der Waals surface area contributed by atoms with Crippen LogP contribution in [0.25, 0.3) is 11.4 Å². The van der Waals surface area contributed by atoms with Crippen molar-refractivity contribution in [3.8, 4) is 23.2 Å². The summed E-state index contributed by atoms with van der Waals surface area (Å²) in [6.07, 6.45) is 0.306. The van der Waals surface area contributed by atoms with Crippen LogP contribution in [0, 0.1) is 11.3 Å². The van der Waals surface area contributed by atoms with Crippen molar-refractivity contribution in [2.75, 3.05) is 7.11 Å². The summed E-state index contributed by atoms with van der Waals surface area (Å²) in [5, 5.41) is 8.77. The SMILES string of the molecule is COc1ccc(-c2nc(Br)c(CC#N)[nH]2)cc1C(C)C. The van der Waals surface area contributed by atoms with Crippen molar-refractivity contribution >= 4 is 15.9 Å². The molecule has 1 N–H and O–H groups in total. The lowest BCUT2D eigenvalue weighted by Gasteiger charge is -2.12. The second-order valence-corrected chi connectivity index (χ2v) is 5.55. The summed E-state index contributed by atoms with van der Waals surface area (Å²) >= 11 is 3.37. The van der Waals surface area contributed by atoms with Crippen LogP contribution in [0.2, 0.25) is 0 Å². The zero-order valence-electron chi connectivity index (χ0n) is 11.7. The van der Waals surface area contributed by atoms with E-state index in [4.69, 9.17) is 10.00 Å². The Kier molecular flexibility index (Phi) is 4.46. The average molecular weight is 334 g/mol. The van der Waals surface area contributed by atoms with E-state index in [9.17, 15) is 0 Å². The van der Waals surface area contributed by atoms with E-state index in [1.165, 1.54) is 0 Å². The molecule has 1 aromatic heterocycles. The Hall–Kier alpha value is -1.80. The summed E-state index contributed by atoms with van der Waals surface area (Å²) < 4.78 is 6.07. The Labute approximate surface area is 126 Å². The van der Waals surface area contributed by atoms with Crippen molar-refractivity contribution in [1.82, 2.24) is 9.97 Å². The molecular formula is C15H16BrN3O. The van der Waals surface area contributed by atoms with E-state index in [0.29, 0.717) is 16.9 Å². The number of nitriles is 1. The lowest BCUT2D eigenvalue weighted by molar-refractivity contribution is 0.407. The molecule has 0 atom stereocenters. The average Bonchev–Trinajstić information content (AvgIpc) is 2.80. The van der Waals surface area contributed by atoms with Crippen LogP contribution >= 0.6 is 15.9 Å². The molecule has 0 unspecified atom stereocenters. The van der Waals surface area contributed by atoms with Gasteiger partial charge in [0.2, 0.25) is 0 Å². The third-order valence-electron chi connectivity index (χ3n) is 3.11. The van der Waals surface area contributed by atoms with E-state index in [-0.39, 0.29) is 0 Å². The van der Waals surface area contributed by atoms with E-state index in [1.54, 1.807) is 7.11 Å². The third-order valence-corrected chi connectivity index (χ3v) is 3.77. The summed E-state index contributed by atoms with van der Waals surface area (Å²) in [7, 11) is 1.68. The Morgan fingerprint density at radius 3 is 2.80 bits per heavy atom. The largest absolute Gasteiger partial charge is 0.496 e. The van der Waals surface area contributed by atoms with Gasteiger partial charge in [-0.25, -0.2) is 4.98 Å².